The Labute approximate surface area is 131 Å². The van der Waals surface area contributed by atoms with Gasteiger partial charge in [0.2, 0.25) is 0 Å². The van der Waals surface area contributed by atoms with Crippen LogP contribution in [0.4, 0.5) is 0 Å². The molecule has 18 heavy (non-hydrogen) atoms. The highest BCUT2D eigenvalue weighted by molar-refractivity contribution is 9.12. The molecule has 1 aromatic rings. The van der Waals surface area contributed by atoms with Crippen molar-refractivity contribution < 1.29 is 0 Å². The summed E-state index contributed by atoms with van der Waals surface area (Å²) in [4.78, 5) is 0. The first kappa shape index (κ1) is 15.0. The lowest BCUT2D eigenvalue weighted by Gasteiger charge is -2.31. The van der Waals surface area contributed by atoms with Crippen LogP contribution >= 0.6 is 43.2 Å². The van der Waals surface area contributed by atoms with Crippen LogP contribution < -0.4 is 5.32 Å². The third-order valence-electron chi connectivity index (χ3n) is 3.75. The fourth-order valence-corrected chi connectivity index (χ4v) is 5.79. The van der Waals surface area contributed by atoms with Crippen molar-refractivity contribution in [2.24, 2.45) is 5.92 Å². The fraction of sp³-hybridized carbons (Fsp3) is 0.714. The van der Waals surface area contributed by atoms with Crippen LogP contribution in [0, 0.1) is 5.92 Å². The number of halogens is 2. The summed E-state index contributed by atoms with van der Waals surface area (Å²) in [6, 6.07) is 2.82. The molecule has 1 aromatic heterocycles. The molecule has 0 amide bonds. The van der Waals surface area contributed by atoms with Crippen LogP contribution in [0.25, 0.3) is 0 Å². The summed E-state index contributed by atoms with van der Waals surface area (Å²) in [6.45, 7) is 3.35. The minimum absolute atomic E-state index is 0.530. The third-order valence-corrected chi connectivity index (χ3v) is 6.14. The summed E-state index contributed by atoms with van der Waals surface area (Å²) in [6.07, 6.45) is 8.18. The van der Waals surface area contributed by atoms with Gasteiger partial charge in [0.1, 0.15) is 0 Å². The van der Waals surface area contributed by atoms with E-state index in [-0.39, 0.29) is 0 Å². The van der Waals surface area contributed by atoms with Gasteiger partial charge in [-0.15, -0.1) is 11.3 Å². The number of rotatable bonds is 5. The van der Waals surface area contributed by atoms with Crippen LogP contribution in [-0.4, -0.2) is 6.54 Å². The molecule has 1 saturated carbocycles. The van der Waals surface area contributed by atoms with Crippen molar-refractivity contribution in [1.82, 2.24) is 5.32 Å². The van der Waals surface area contributed by atoms with E-state index in [0.717, 1.165) is 12.5 Å². The molecule has 1 N–H and O–H groups in total. The third kappa shape index (κ3) is 3.81. The molecule has 0 saturated heterocycles. The van der Waals surface area contributed by atoms with Gasteiger partial charge in [-0.25, -0.2) is 0 Å². The lowest BCUT2D eigenvalue weighted by atomic mass is 9.82. The van der Waals surface area contributed by atoms with E-state index < -0.39 is 0 Å². The van der Waals surface area contributed by atoms with Gasteiger partial charge in [-0.05, 0) is 75.2 Å². The van der Waals surface area contributed by atoms with Crippen molar-refractivity contribution in [3.05, 3.63) is 19.2 Å². The first-order chi connectivity index (χ1) is 8.72. The Kier molecular flexibility index (Phi) is 6.19. The molecular weight excluding hydrogens is 374 g/mol. The summed E-state index contributed by atoms with van der Waals surface area (Å²) >= 11 is 9.12. The second-order valence-corrected chi connectivity index (χ2v) is 8.86. The Balaban J connectivity index is 2.15. The molecule has 1 unspecified atom stereocenters. The summed E-state index contributed by atoms with van der Waals surface area (Å²) in [5.74, 6) is 0.808. The number of thiophene rings is 1. The van der Waals surface area contributed by atoms with E-state index in [9.17, 15) is 0 Å². The molecule has 1 aliphatic carbocycles. The molecular formula is C14H21Br2NS. The maximum atomic E-state index is 3.77. The van der Waals surface area contributed by atoms with Crippen LogP contribution in [0.15, 0.2) is 13.6 Å². The Morgan fingerprint density at radius 1 is 1.33 bits per heavy atom. The monoisotopic (exact) mass is 393 g/mol. The van der Waals surface area contributed by atoms with Gasteiger partial charge in [0, 0.05) is 6.04 Å². The summed E-state index contributed by atoms with van der Waals surface area (Å²) in [7, 11) is 0. The van der Waals surface area contributed by atoms with Crippen LogP contribution in [0.2, 0.25) is 0 Å². The highest BCUT2D eigenvalue weighted by Crippen LogP contribution is 2.41. The summed E-state index contributed by atoms with van der Waals surface area (Å²) < 4.78 is 2.51. The molecule has 1 aliphatic rings. The van der Waals surface area contributed by atoms with Crippen molar-refractivity contribution in [1.29, 1.82) is 0 Å². The van der Waals surface area contributed by atoms with Crippen molar-refractivity contribution in [3.63, 3.8) is 0 Å². The van der Waals surface area contributed by atoms with Gasteiger partial charge in [0.15, 0.2) is 0 Å². The van der Waals surface area contributed by atoms with Crippen molar-refractivity contribution in [2.45, 2.75) is 51.5 Å². The van der Waals surface area contributed by atoms with Crippen LogP contribution in [0.1, 0.15) is 57.1 Å². The van der Waals surface area contributed by atoms with Crippen molar-refractivity contribution in [3.8, 4) is 0 Å². The molecule has 2 rings (SSSR count). The first-order valence-electron chi connectivity index (χ1n) is 6.90. The minimum Gasteiger partial charge on any atom is -0.310 e. The molecule has 0 aromatic carbocycles. The van der Waals surface area contributed by atoms with E-state index >= 15 is 0 Å². The molecule has 1 atom stereocenters. The summed E-state index contributed by atoms with van der Waals surface area (Å²) in [5.41, 5.74) is 1.45. The Bertz CT molecular complexity index is 372. The molecule has 1 fully saturated rings. The summed E-state index contributed by atoms with van der Waals surface area (Å²) in [5, 5.41) is 3.77. The lowest BCUT2D eigenvalue weighted by Crippen LogP contribution is -2.30. The highest BCUT2D eigenvalue weighted by Gasteiger charge is 2.27. The highest BCUT2D eigenvalue weighted by atomic mass is 79.9. The Morgan fingerprint density at radius 2 is 2.06 bits per heavy atom. The average Bonchev–Trinajstić information content (AvgIpc) is 2.70. The molecule has 0 radical (unpaired) electrons. The maximum Gasteiger partial charge on any atom is 0.0758 e. The molecule has 102 valence electrons. The van der Waals surface area contributed by atoms with Crippen LogP contribution in [0.3, 0.4) is 0 Å². The fourth-order valence-electron chi connectivity index (χ4n) is 2.86. The number of hydrogen-bond acceptors (Lipinski definition) is 2. The zero-order valence-electron chi connectivity index (χ0n) is 10.8. The van der Waals surface area contributed by atoms with E-state index in [1.165, 1.54) is 51.7 Å². The van der Waals surface area contributed by atoms with Gasteiger partial charge in [0.25, 0.3) is 0 Å². The predicted molar refractivity (Wildman–Crippen MR) is 87.3 cm³/mol. The average molecular weight is 395 g/mol. The molecule has 1 heterocycles. The topological polar surface area (TPSA) is 12.0 Å². The van der Waals surface area contributed by atoms with Crippen molar-refractivity contribution in [2.75, 3.05) is 6.54 Å². The van der Waals surface area contributed by atoms with Gasteiger partial charge in [0.05, 0.1) is 7.57 Å². The Morgan fingerprint density at radius 3 is 2.61 bits per heavy atom. The second-order valence-electron chi connectivity index (χ2n) is 5.11. The number of hydrogen-bond donors (Lipinski definition) is 1. The van der Waals surface area contributed by atoms with E-state index in [0.29, 0.717) is 6.04 Å². The predicted octanol–water partition coefficient (Wildman–Crippen LogP) is 5.89. The first-order valence-corrected chi connectivity index (χ1v) is 9.30. The maximum absolute atomic E-state index is 3.77. The molecule has 0 bridgehead atoms. The minimum atomic E-state index is 0.530. The number of nitrogens with one attached hydrogen (secondary N) is 1. The molecule has 0 aliphatic heterocycles. The zero-order valence-corrected chi connectivity index (χ0v) is 14.8. The lowest BCUT2D eigenvalue weighted by molar-refractivity contribution is 0.272. The molecule has 1 nitrogen and oxygen atoms in total. The quantitative estimate of drug-likeness (QED) is 0.655. The van der Waals surface area contributed by atoms with Gasteiger partial charge in [-0.1, -0.05) is 26.2 Å². The standard InChI is InChI=1S/C14H21Br2NS/c1-2-8-17-13(10-6-4-3-5-7-10)11-9-12(15)18-14(11)16/h9-10,13,17H,2-8H2,1H3. The smallest absolute Gasteiger partial charge is 0.0758 e. The van der Waals surface area contributed by atoms with Crippen molar-refractivity contribution >= 4 is 43.2 Å². The van der Waals surface area contributed by atoms with E-state index in [2.05, 4.69) is 50.2 Å². The molecule has 4 heteroatoms. The zero-order chi connectivity index (χ0) is 13.0. The molecule has 0 spiro atoms. The normalized spacial score (nSPS) is 19.1. The van der Waals surface area contributed by atoms with E-state index in [1.807, 2.05) is 0 Å². The Hall–Kier alpha value is 0.620. The van der Waals surface area contributed by atoms with Gasteiger partial charge in [-0.2, -0.15) is 0 Å². The largest absolute Gasteiger partial charge is 0.310 e. The second kappa shape index (κ2) is 7.41. The van der Waals surface area contributed by atoms with E-state index in [4.69, 9.17) is 0 Å². The van der Waals surface area contributed by atoms with Gasteiger partial charge >= 0.3 is 0 Å². The SMILES string of the molecule is CCCNC(c1cc(Br)sc1Br)C1CCCCC1. The van der Waals surface area contributed by atoms with Gasteiger partial charge < -0.3 is 5.32 Å². The van der Waals surface area contributed by atoms with E-state index in [1.54, 1.807) is 11.3 Å². The van der Waals surface area contributed by atoms with Gasteiger partial charge in [-0.3, -0.25) is 0 Å². The van der Waals surface area contributed by atoms with Crippen LogP contribution in [0.5, 0.6) is 0 Å². The van der Waals surface area contributed by atoms with Crippen LogP contribution in [-0.2, 0) is 0 Å².